The summed E-state index contributed by atoms with van der Waals surface area (Å²) in [6, 6.07) is 5.67. The number of anilines is 1. The van der Waals surface area contributed by atoms with Gasteiger partial charge in [0.25, 0.3) is 11.6 Å². The van der Waals surface area contributed by atoms with E-state index in [1.54, 1.807) is 38.5 Å². The third kappa shape index (κ3) is 3.52. The fourth-order valence-corrected chi connectivity index (χ4v) is 2.69. The molecule has 0 bridgehead atoms. The van der Waals surface area contributed by atoms with Crippen LogP contribution in [0.3, 0.4) is 0 Å². The summed E-state index contributed by atoms with van der Waals surface area (Å²) >= 11 is 0. The van der Waals surface area contributed by atoms with E-state index in [1.807, 2.05) is 0 Å². The number of nitro benzene ring substituents is 1. The maximum atomic E-state index is 12.6. The third-order valence-corrected chi connectivity index (χ3v) is 3.94. The maximum Gasteiger partial charge on any atom is 0.355 e. The average molecular weight is 345 g/mol. The Morgan fingerprint density at radius 1 is 1.32 bits per heavy atom. The second-order valence-corrected chi connectivity index (χ2v) is 5.48. The zero-order valence-electron chi connectivity index (χ0n) is 14.5. The van der Waals surface area contributed by atoms with E-state index in [2.05, 4.69) is 5.32 Å². The van der Waals surface area contributed by atoms with Gasteiger partial charge >= 0.3 is 5.97 Å². The Labute approximate surface area is 144 Å². The standard InChI is InChI=1S/C17H19N3O5/c1-5-25-17(22)15-10(2)14(11(3)19(15)4)16(21)18-12-7-6-8-13(9-12)20(23)24/h6-9H,5H2,1-4H3,(H,18,21). The smallest absolute Gasteiger partial charge is 0.355 e. The summed E-state index contributed by atoms with van der Waals surface area (Å²) in [7, 11) is 1.68. The van der Waals surface area contributed by atoms with Crippen LogP contribution in [0.1, 0.15) is 39.0 Å². The van der Waals surface area contributed by atoms with Crippen molar-refractivity contribution < 1.29 is 19.2 Å². The van der Waals surface area contributed by atoms with Gasteiger partial charge in [0, 0.05) is 30.6 Å². The van der Waals surface area contributed by atoms with Crippen molar-refractivity contribution in [3.05, 3.63) is 56.9 Å². The molecule has 2 aromatic rings. The van der Waals surface area contributed by atoms with Crippen LogP contribution in [0.15, 0.2) is 24.3 Å². The molecule has 0 aliphatic carbocycles. The SMILES string of the molecule is CCOC(=O)c1c(C)c(C(=O)Nc2cccc([N+](=O)[O-])c2)c(C)n1C. The first kappa shape index (κ1) is 18.2. The number of rotatable bonds is 5. The van der Waals surface area contributed by atoms with Crippen LogP contribution in [0.2, 0.25) is 0 Å². The molecule has 8 heteroatoms. The van der Waals surface area contributed by atoms with Gasteiger partial charge in [0.15, 0.2) is 0 Å². The number of amides is 1. The zero-order valence-corrected chi connectivity index (χ0v) is 14.5. The molecule has 0 aliphatic rings. The molecule has 2 rings (SSSR count). The monoisotopic (exact) mass is 345 g/mol. The zero-order chi connectivity index (χ0) is 18.7. The molecule has 1 aromatic carbocycles. The van der Waals surface area contributed by atoms with Crippen LogP contribution < -0.4 is 5.32 Å². The molecule has 1 heterocycles. The molecule has 0 saturated carbocycles. The molecule has 1 amide bonds. The number of hydrogen-bond acceptors (Lipinski definition) is 5. The summed E-state index contributed by atoms with van der Waals surface area (Å²) in [6.45, 7) is 5.33. The summed E-state index contributed by atoms with van der Waals surface area (Å²) < 4.78 is 6.64. The quantitative estimate of drug-likeness (QED) is 0.510. The first-order valence-corrected chi connectivity index (χ1v) is 7.66. The lowest BCUT2D eigenvalue weighted by molar-refractivity contribution is -0.384. The van der Waals surface area contributed by atoms with Crippen molar-refractivity contribution >= 4 is 23.3 Å². The lowest BCUT2D eigenvalue weighted by atomic mass is 10.1. The number of carbonyl (C=O) groups is 2. The van der Waals surface area contributed by atoms with Gasteiger partial charge in [-0.15, -0.1) is 0 Å². The van der Waals surface area contributed by atoms with E-state index in [4.69, 9.17) is 4.74 Å². The number of hydrogen-bond donors (Lipinski definition) is 1. The van der Waals surface area contributed by atoms with E-state index in [9.17, 15) is 19.7 Å². The number of carbonyl (C=O) groups excluding carboxylic acids is 2. The number of ether oxygens (including phenoxy) is 1. The fraction of sp³-hybridized carbons (Fsp3) is 0.294. The summed E-state index contributed by atoms with van der Waals surface area (Å²) in [6.07, 6.45) is 0. The number of nitro groups is 1. The number of esters is 1. The molecule has 8 nitrogen and oxygen atoms in total. The van der Waals surface area contributed by atoms with Crippen LogP contribution in [0, 0.1) is 24.0 Å². The van der Waals surface area contributed by atoms with Crippen molar-refractivity contribution in [1.29, 1.82) is 0 Å². The number of aromatic nitrogens is 1. The van der Waals surface area contributed by atoms with E-state index in [0.29, 0.717) is 28.2 Å². The Bertz CT molecular complexity index is 854. The summed E-state index contributed by atoms with van der Waals surface area (Å²) in [5.74, 6) is -0.943. The van der Waals surface area contributed by atoms with Gasteiger partial charge in [0.1, 0.15) is 5.69 Å². The highest BCUT2D eigenvalue weighted by molar-refractivity contribution is 6.08. The average Bonchev–Trinajstić information content (AvgIpc) is 2.77. The molecule has 1 N–H and O–H groups in total. The van der Waals surface area contributed by atoms with Gasteiger partial charge in [0.2, 0.25) is 0 Å². The molecule has 132 valence electrons. The third-order valence-electron chi connectivity index (χ3n) is 3.94. The molecule has 0 aliphatic heterocycles. The van der Waals surface area contributed by atoms with E-state index in [1.165, 1.54) is 18.2 Å². The molecule has 25 heavy (non-hydrogen) atoms. The van der Waals surface area contributed by atoms with Gasteiger partial charge in [-0.3, -0.25) is 14.9 Å². The van der Waals surface area contributed by atoms with Gasteiger partial charge in [-0.25, -0.2) is 4.79 Å². The van der Waals surface area contributed by atoms with Crippen molar-refractivity contribution in [2.45, 2.75) is 20.8 Å². The minimum absolute atomic E-state index is 0.119. The Morgan fingerprint density at radius 3 is 2.60 bits per heavy atom. The summed E-state index contributed by atoms with van der Waals surface area (Å²) in [5.41, 5.74) is 1.94. The number of benzene rings is 1. The molecule has 0 unspecified atom stereocenters. The van der Waals surface area contributed by atoms with Crippen LogP contribution in [0.4, 0.5) is 11.4 Å². The highest BCUT2D eigenvalue weighted by Crippen LogP contribution is 2.24. The number of non-ortho nitro benzene ring substituents is 1. The van der Waals surface area contributed by atoms with E-state index in [-0.39, 0.29) is 12.3 Å². The van der Waals surface area contributed by atoms with Gasteiger partial charge < -0.3 is 14.6 Å². The predicted octanol–water partition coefficient (Wildman–Crippen LogP) is 2.98. The van der Waals surface area contributed by atoms with E-state index < -0.39 is 16.8 Å². The summed E-state index contributed by atoms with van der Waals surface area (Å²) in [5, 5.41) is 13.5. The molecular formula is C17H19N3O5. The molecule has 0 saturated heterocycles. The second-order valence-electron chi connectivity index (χ2n) is 5.48. The van der Waals surface area contributed by atoms with Crippen LogP contribution in [0.5, 0.6) is 0 Å². The van der Waals surface area contributed by atoms with Crippen LogP contribution in [-0.4, -0.2) is 28.0 Å². The molecule has 0 spiro atoms. The highest BCUT2D eigenvalue weighted by atomic mass is 16.6. The first-order valence-electron chi connectivity index (χ1n) is 7.66. The minimum atomic E-state index is -0.534. The van der Waals surface area contributed by atoms with Gasteiger partial charge in [-0.05, 0) is 32.4 Å². The molecule has 0 atom stereocenters. The minimum Gasteiger partial charge on any atom is -0.461 e. The number of nitrogens with zero attached hydrogens (tertiary/aromatic N) is 2. The number of nitrogens with one attached hydrogen (secondary N) is 1. The van der Waals surface area contributed by atoms with E-state index in [0.717, 1.165) is 0 Å². The highest BCUT2D eigenvalue weighted by Gasteiger charge is 2.25. The van der Waals surface area contributed by atoms with Crippen molar-refractivity contribution in [1.82, 2.24) is 4.57 Å². The van der Waals surface area contributed by atoms with Gasteiger partial charge in [-0.1, -0.05) is 6.07 Å². The Morgan fingerprint density at radius 2 is 2.00 bits per heavy atom. The molecule has 0 fully saturated rings. The Hall–Kier alpha value is -3.16. The lowest BCUT2D eigenvalue weighted by Crippen LogP contribution is -2.14. The van der Waals surface area contributed by atoms with Gasteiger partial charge in [-0.2, -0.15) is 0 Å². The molecule has 1 aromatic heterocycles. The largest absolute Gasteiger partial charge is 0.461 e. The van der Waals surface area contributed by atoms with Crippen molar-refractivity contribution in [2.75, 3.05) is 11.9 Å². The second kappa shape index (κ2) is 7.16. The van der Waals surface area contributed by atoms with Crippen LogP contribution in [-0.2, 0) is 11.8 Å². The van der Waals surface area contributed by atoms with E-state index >= 15 is 0 Å². The van der Waals surface area contributed by atoms with Gasteiger partial charge in [0.05, 0.1) is 17.1 Å². The lowest BCUT2D eigenvalue weighted by Gasteiger charge is -2.06. The Kier molecular flexibility index (Phi) is 5.21. The van der Waals surface area contributed by atoms with Crippen molar-refractivity contribution in [3.63, 3.8) is 0 Å². The van der Waals surface area contributed by atoms with Crippen LogP contribution in [0.25, 0.3) is 0 Å². The topological polar surface area (TPSA) is 103 Å². The fourth-order valence-electron chi connectivity index (χ4n) is 2.69. The normalized spacial score (nSPS) is 10.4. The molecular weight excluding hydrogens is 326 g/mol. The maximum absolute atomic E-state index is 12.6. The summed E-state index contributed by atoms with van der Waals surface area (Å²) in [4.78, 5) is 35.0. The van der Waals surface area contributed by atoms with Crippen molar-refractivity contribution in [2.24, 2.45) is 7.05 Å². The molecule has 0 radical (unpaired) electrons. The first-order chi connectivity index (χ1) is 11.8. The predicted molar refractivity (Wildman–Crippen MR) is 91.9 cm³/mol. The van der Waals surface area contributed by atoms with Crippen molar-refractivity contribution in [3.8, 4) is 0 Å². The Balaban J connectivity index is 2.37. The van der Waals surface area contributed by atoms with Crippen LogP contribution >= 0.6 is 0 Å².